The molecule has 0 aliphatic carbocycles. The zero-order valence-electron chi connectivity index (χ0n) is 16.3. The first-order valence-electron chi connectivity index (χ1n) is 10.2. The van der Waals surface area contributed by atoms with Crippen molar-refractivity contribution in [1.29, 1.82) is 0 Å². The van der Waals surface area contributed by atoms with Gasteiger partial charge in [0.1, 0.15) is 12.1 Å². The lowest BCUT2D eigenvalue weighted by Crippen LogP contribution is -2.51. The van der Waals surface area contributed by atoms with Crippen molar-refractivity contribution >= 4 is 39.1 Å². The molecule has 0 bridgehead atoms. The van der Waals surface area contributed by atoms with Crippen molar-refractivity contribution in [3.8, 4) is 0 Å². The van der Waals surface area contributed by atoms with Crippen molar-refractivity contribution in [3.05, 3.63) is 42.2 Å². The van der Waals surface area contributed by atoms with E-state index in [0.29, 0.717) is 5.91 Å². The van der Waals surface area contributed by atoms with Crippen LogP contribution in [0, 0.1) is 5.92 Å². The number of anilines is 2. The summed E-state index contributed by atoms with van der Waals surface area (Å²) in [6.45, 7) is 5.02. The molecule has 2 fully saturated rings. The molecule has 29 heavy (non-hydrogen) atoms. The third kappa shape index (κ3) is 3.64. The highest BCUT2D eigenvalue weighted by atomic mass is 32.1. The molecular weight excluding hydrogens is 384 g/mol. The molecule has 0 spiro atoms. The number of fused-ring (bicyclic) bond motifs is 1. The smallest absolute Gasteiger partial charge is 0.225 e. The van der Waals surface area contributed by atoms with E-state index < -0.39 is 0 Å². The molecule has 7 nitrogen and oxygen atoms in total. The van der Waals surface area contributed by atoms with Crippen LogP contribution in [-0.2, 0) is 4.79 Å². The molecule has 1 amide bonds. The highest BCUT2D eigenvalue weighted by Crippen LogP contribution is 2.28. The third-order valence-corrected chi connectivity index (χ3v) is 6.78. The Labute approximate surface area is 174 Å². The zero-order chi connectivity index (χ0) is 19.6. The van der Waals surface area contributed by atoms with Gasteiger partial charge >= 0.3 is 0 Å². The highest BCUT2D eigenvalue weighted by Gasteiger charge is 2.31. The number of amides is 1. The van der Waals surface area contributed by atoms with Gasteiger partial charge in [0.25, 0.3) is 0 Å². The lowest BCUT2D eigenvalue weighted by Gasteiger charge is -2.38. The van der Waals surface area contributed by atoms with Crippen LogP contribution in [0.2, 0.25) is 0 Å². The van der Waals surface area contributed by atoms with Gasteiger partial charge in [-0.2, -0.15) is 0 Å². The fourth-order valence-corrected chi connectivity index (χ4v) is 5.03. The molecule has 0 saturated carbocycles. The van der Waals surface area contributed by atoms with Crippen LogP contribution in [-0.4, -0.2) is 65.0 Å². The van der Waals surface area contributed by atoms with Gasteiger partial charge in [-0.25, -0.2) is 15.0 Å². The Morgan fingerprint density at radius 1 is 0.931 bits per heavy atom. The fourth-order valence-electron chi connectivity index (χ4n) is 4.33. The highest BCUT2D eigenvalue weighted by molar-refractivity contribution is 7.13. The van der Waals surface area contributed by atoms with Crippen molar-refractivity contribution in [2.24, 2.45) is 5.92 Å². The van der Waals surface area contributed by atoms with Crippen LogP contribution in [0.15, 0.2) is 42.2 Å². The van der Waals surface area contributed by atoms with Gasteiger partial charge in [-0.15, -0.1) is 11.3 Å². The maximum Gasteiger partial charge on any atom is 0.225 e. The van der Waals surface area contributed by atoms with Gasteiger partial charge in [0.15, 0.2) is 5.13 Å². The number of hydrogen-bond donors (Lipinski definition) is 0. The lowest BCUT2D eigenvalue weighted by atomic mass is 9.94. The summed E-state index contributed by atoms with van der Waals surface area (Å²) in [4.78, 5) is 32.9. The molecule has 2 aliphatic rings. The first-order valence-corrected chi connectivity index (χ1v) is 11.1. The number of thiazole rings is 1. The standard InChI is InChI=1S/C21H24N6OS/c28-20(26-10-12-27(13-11-26)21-22-7-14-29-21)16-5-8-25(9-6-16)19-17-3-1-2-4-18(17)23-15-24-19/h1-4,7,14-16H,5-6,8-13H2. The Morgan fingerprint density at radius 3 is 2.48 bits per heavy atom. The second-order valence-corrected chi connectivity index (χ2v) is 8.48. The number of benzene rings is 1. The number of aromatic nitrogens is 3. The molecule has 4 heterocycles. The first-order chi connectivity index (χ1) is 14.3. The van der Waals surface area contributed by atoms with E-state index in [0.717, 1.165) is 74.0 Å². The van der Waals surface area contributed by atoms with E-state index in [4.69, 9.17) is 0 Å². The molecule has 1 aromatic carbocycles. The summed E-state index contributed by atoms with van der Waals surface area (Å²) in [5, 5.41) is 4.14. The summed E-state index contributed by atoms with van der Waals surface area (Å²) in [5.41, 5.74) is 0.966. The second-order valence-electron chi connectivity index (χ2n) is 7.60. The fraction of sp³-hybridized carbons (Fsp3) is 0.429. The molecule has 0 N–H and O–H groups in total. The van der Waals surface area contributed by atoms with Gasteiger partial charge in [-0.3, -0.25) is 4.79 Å². The number of para-hydroxylation sites is 1. The first kappa shape index (κ1) is 18.3. The molecular formula is C21H24N6OS. The van der Waals surface area contributed by atoms with Crippen molar-refractivity contribution in [1.82, 2.24) is 19.9 Å². The van der Waals surface area contributed by atoms with Crippen molar-refractivity contribution in [2.45, 2.75) is 12.8 Å². The number of nitrogens with zero attached hydrogens (tertiary/aromatic N) is 6. The van der Waals surface area contributed by atoms with Gasteiger partial charge in [-0.05, 0) is 25.0 Å². The molecule has 8 heteroatoms. The van der Waals surface area contributed by atoms with Crippen molar-refractivity contribution in [3.63, 3.8) is 0 Å². The average Bonchev–Trinajstić information content (AvgIpc) is 3.33. The minimum absolute atomic E-state index is 0.116. The maximum atomic E-state index is 13.1. The molecule has 0 unspecified atom stereocenters. The lowest BCUT2D eigenvalue weighted by molar-refractivity contribution is -0.136. The number of piperazine rings is 1. The van der Waals surface area contributed by atoms with Gasteiger partial charge in [0.2, 0.25) is 5.91 Å². The summed E-state index contributed by atoms with van der Waals surface area (Å²) in [6.07, 6.45) is 5.23. The van der Waals surface area contributed by atoms with Crippen molar-refractivity contribution < 1.29 is 4.79 Å². The predicted octanol–water partition coefficient (Wildman–Crippen LogP) is 2.65. The number of piperidine rings is 1. The van der Waals surface area contributed by atoms with Crippen LogP contribution in [0.25, 0.3) is 10.9 Å². The quantitative estimate of drug-likeness (QED) is 0.664. The summed E-state index contributed by atoms with van der Waals surface area (Å²) in [7, 11) is 0. The second kappa shape index (κ2) is 7.94. The van der Waals surface area contributed by atoms with Crippen LogP contribution in [0.4, 0.5) is 10.9 Å². The largest absolute Gasteiger partial charge is 0.356 e. The van der Waals surface area contributed by atoms with Gasteiger partial charge in [0, 0.05) is 62.1 Å². The van der Waals surface area contributed by atoms with Crippen molar-refractivity contribution in [2.75, 3.05) is 49.1 Å². The van der Waals surface area contributed by atoms with Crippen LogP contribution in [0.3, 0.4) is 0 Å². The Morgan fingerprint density at radius 2 is 1.72 bits per heavy atom. The molecule has 2 aromatic heterocycles. The molecule has 0 radical (unpaired) electrons. The Hall–Kier alpha value is -2.74. The predicted molar refractivity (Wildman–Crippen MR) is 115 cm³/mol. The van der Waals surface area contributed by atoms with E-state index in [9.17, 15) is 4.79 Å². The van der Waals surface area contributed by atoms with E-state index in [1.165, 1.54) is 0 Å². The van der Waals surface area contributed by atoms with E-state index >= 15 is 0 Å². The topological polar surface area (TPSA) is 65.5 Å². The van der Waals surface area contributed by atoms with Crippen LogP contribution < -0.4 is 9.80 Å². The zero-order valence-corrected chi connectivity index (χ0v) is 17.1. The van der Waals surface area contributed by atoms with E-state index in [1.807, 2.05) is 34.7 Å². The molecule has 5 rings (SSSR count). The normalized spacial score (nSPS) is 18.4. The molecule has 0 atom stereocenters. The van der Waals surface area contributed by atoms with Crippen LogP contribution >= 0.6 is 11.3 Å². The maximum absolute atomic E-state index is 13.1. The van der Waals surface area contributed by atoms with Crippen LogP contribution in [0.1, 0.15) is 12.8 Å². The Balaban J connectivity index is 1.19. The number of carbonyl (C=O) groups excluding carboxylic acids is 1. The summed E-state index contributed by atoms with van der Waals surface area (Å²) in [6, 6.07) is 8.11. The van der Waals surface area contributed by atoms with E-state index in [2.05, 4.69) is 30.8 Å². The van der Waals surface area contributed by atoms with E-state index in [1.54, 1.807) is 17.7 Å². The molecule has 2 saturated heterocycles. The number of hydrogen-bond acceptors (Lipinski definition) is 7. The number of carbonyl (C=O) groups is 1. The third-order valence-electron chi connectivity index (χ3n) is 5.95. The summed E-state index contributed by atoms with van der Waals surface area (Å²) in [5.74, 6) is 1.42. The minimum atomic E-state index is 0.116. The molecule has 2 aliphatic heterocycles. The minimum Gasteiger partial charge on any atom is -0.356 e. The Kier molecular flexibility index (Phi) is 5.01. The Bertz CT molecular complexity index is 973. The summed E-state index contributed by atoms with van der Waals surface area (Å²) >= 11 is 1.66. The van der Waals surface area contributed by atoms with E-state index in [-0.39, 0.29) is 5.92 Å². The SMILES string of the molecule is O=C(C1CCN(c2ncnc3ccccc23)CC1)N1CCN(c2nccs2)CC1. The average molecular weight is 409 g/mol. The van der Waals surface area contributed by atoms with Crippen LogP contribution in [0.5, 0.6) is 0 Å². The van der Waals surface area contributed by atoms with Gasteiger partial charge in [-0.1, -0.05) is 12.1 Å². The summed E-state index contributed by atoms with van der Waals surface area (Å²) < 4.78 is 0. The number of rotatable bonds is 3. The van der Waals surface area contributed by atoms with Gasteiger partial charge < -0.3 is 14.7 Å². The molecule has 150 valence electrons. The van der Waals surface area contributed by atoms with Gasteiger partial charge in [0.05, 0.1) is 5.52 Å². The molecule has 3 aromatic rings. The monoisotopic (exact) mass is 408 g/mol.